The van der Waals surface area contributed by atoms with E-state index in [2.05, 4.69) is 12.2 Å². The summed E-state index contributed by atoms with van der Waals surface area (Å²) in [6.07, 6.45) is 2.11. The van der Waals surface area contributed by atoms with Crippen LogP contribution in [0.25, 0.3) is 0 Å². The van der Waals surface area contributed by atoms with Gasteiger partial charge in [0.2, 0.25) is 5.91 Å². The Morgan fingerprint density at radius 1 is 0.917 bits per heavy atom. The van der Waals surface area contributed by atoms with Gasteiger partial charge in [0.1, 0.15) is 11.8 Å². The van der Waals surface area contributed by atoms with Crippen molar-refractivity contribution in [2.45, 2.75) is 58.7 Å². The van der Waals surface area contributed by atoms with Gasteiger partial charge >= 0.3 is 0 Å². The molecule has 0 radical (unpaired) electrons. The van der Waals surface area contributed by atoms with E-state index in [0.717, 1.165) is 24.0 Å². The van der Waals surface area contributed by atoms with Gasteiger partial charge in [0, 0.05) is 24.0 Å². The third-order valence-corrected chi connectivity index (χ3v) is 6.44. The smallest absolute Gasteiger partial charge is 0.261 e. The number of halogens is 1. The second-order valence-electron chi connectivity index (χ2n) is 8.96. The summed E-state index contributed by atoms with van der Waals surface area (Å²) in [6.45, 7) is 6.13. The predicted molar refractivity (Wildman–Crippen MR) is 145 cm³/mol. The van der Waals surface area contributed by atoms with Crippen LogP contribution in [0.5, 0.6) is 5.75 Å². The summed E-state index contributed by atoms with van der Waals surface area (Å²) in [5.74, 6) is 0.164. The summed E-state index contributed by atoms with van der Waals surface area (Å²) in [5, 5.41) is 3.65. The number of carbonyl (C=O) groups is 2. The first-order chi connectivity index (χ1) is 17.4. The Hall–Kier alpha value is -3.31. The van der Waals surface area contributed by atoms with Gasteiger partial charge < -0.3 is 15.0 Å². The van der Waals surface area contributed by atoms with Gasteiger partial charge in [-0.05, 0) is 60.7 Å². The van der Waals surface area contributed by atoms with Crippen molar-refractivity contribution in [2.24, 2.45) is 0 Å². The lowest BCUT2D eigenvalue weighted by atomic mass is 10.0. The number of amides is 2. The molecule has 2 atom stereocenters. The van der Waals surface area contributed by atoms with E-state index in [1.54, 1.807) is 11.0 Å². The number of rotatable bonds is 12. The largest absolute Gasteiger partial charge is 0.484 e. The molecule has 0 aromatic heterocycles. The Kier molecular flexibility index (Phi) is 10.4. The highest BCUT2D eigenvalue weighted by atomic mass is 35.5. The number of ether oxygens (including phenoxy) is 1. The first-order valence-electron chi connectivity index (χ1n) is 12.5. The molecule has 0 spiro atoms. The van der Waals surface area contributed by atoms with Crippen molar-refractivity contribution in [3.8, 4) is 5.75 Å². The Bertz CT molecular complexity index is 1120. The third kappa shape index (κ3) is 8.13. The third-order valence-electron chi connectivity index (χ3n) is 6.21. The molecule has 0 heterocycles. The second-order valence-corrected chi connectivity index (χ2v) is 9.40. The molecule has 5 nitrogen and oxygen atoms in total. The molecule has 0 aliphatic rings. The molecule has 0 fully saturated rings. The van der Waals surface area contributed by atoms with Gasteiger partial charge in [-0.3, -0.25) is 9.59 Å². The van der Waals surface area contributed by atoms with Crippen LogP contribution in [0.2, 0.25) is 5.02 Å². The quantitative estimate of drug-likeness (QED) is 0.336. The number of nitrogens with zero attached hydrogens (tertiary/aromatic N) is 1. The van der Waals surface area contributed by atoms with E-state index in [-0.39, 0.29) is 31.0 Å². The minimum Gasteiger partial charge on any atom is -0.484 e. The van der Waals surface area contributed by atoms with Crippen LogP contribution in [0.3, 0.4) is 0 Å². The molecular weight excluding hydrogens is 472 g/mol. The van der Waals surface area contributed by atoms with Crippen molar-refractivity contribution in [3.63, 3.8) is 0 Å². The van der Waals surface area contributed by atoms with Crippen molar-refractivity contribution in [2.75, 3.05) is 6.61 Å². The minimum absolute atomic E-state index is 0.00720. The summed E-state index contributed by atoms with van der Waals surface area (Å²) in [6, 6.07) is 24.1. The van der Waals surface area contributed by atoms with Gasteiger partial charge in [0.15, 0.2) is 6.61 Å². The fourth-order valence-corrected chi connectivity index (χ4v) is 4.09. The normalized spacial score (nSPS) is 12.4. The molecule has 3 aromatic rings. The van der Waals surface area contributed by atoms with Crippen LogP contribution in [0, 0.1) is 0 Å². The molecule has 0 aliphatic carbocycles. The highest BCUT2D eigenvalue weighted by Crippen LogP contribution is 2.19. The van der Waals surface area contributed by atoms with E-state index >= 15 is 0 Å². The zero-order valence-electron chi connectivity index (χ0n) is 21.2. The first kappa shape index (κ1) is 27.3. The van der Waals surface area contributed by atoms with Crippen LogP contribution < -0.4 is 10.1 Å². The van der Waals surface area contributed by atoms with Crippen molar-refractivity contribution in [3.05, 3.63) is 101 Å². The van der Waals surface area contributed by atoms with Crippen LogP contribution in [0.15, 0.2) is 78.9 Å². The number of nitrogens with one attached hydrogen (secondary N) is 1. The maximum atomic E-state index is 13.6. The molecule has 0 saturated carbocycles. The number of aryl methyl sites for hydroxylation is 1. The average Bonchev–Trinajstić information content (AvgIpc) is 2.90. The Balaban J connectivity index is 1.89. The molecule has 6 heteroatoms. The highest BCUT2D eigenvalue weighted by Gasteiger charge is 2.31. The van der Waals surface area contributed by atoms with Crippen LogP contribution in [-0.4, -0.2) is 35.4 Å². The molecule has 0 bridgehead atoms. The van der Waals surface area contributed by atoms with Crippen LogP contribution in [-0.2, 0) is 29.0 Å². The number of benzene rings is 3. The zero-order chi connectivity index (χ0) is 25.9. The van der Waals surface area contributed by atoms with Gasteiger partial charge in [-0.25, -0.2) is 0 Å². The molecule has 0 aliphatic heterocycles. The van der Waals surface area contributed by atoms with Gasteiger partial charge in [0.25, 0.3) is 5.91 Å². The van der Waals surface area contributed by atoms with E-state index < -0.39 is 6.04 Å². The average molecular weight is 507 g/mol. The number of carbonyl (C=O) groups excluding carboxylic acids is 2. The maximum Gasteiger partial charge on any atom is 0.261 e. The number of hydrogen-bond acceptors (Lipinski definition) is 3. The van der Waals surface area contributed by atoms with Crippen molar-refractivity contribution < 1.29 is 14.3 Å². The van der Waals surface area contributed by atoms with Crippen molar-refractivity contribution >= 4 is 23.4 Å². The molecule has 2 amide bonds. The predicted octanol–water partition coefficient (Wildman–Crippen LogP) is 5.84. The van der Waals surface area contributed by atoms with Gasteiger partial charge in [-0.2, -0.15) is 0 Å². The second kappa shape index (κ2) is 13.7. The maximum absolute atomic E-state index is 13.6. The fourth-order valence-electron chi connectivity index (χ4n) is 3.88. The van der Waals surface area contributed by atoms with Gasteiger partial charge in [-0.1, -0.05) is 80.0 Å². The summed E-state index contributed by atoms with van der Waals surface area (Å²) >= 11 is 6.23. The Morgan fingerprint density at radius 2 is 1.61 bits per heavy atom. The van der Waals surface area contributed by atoms with E-state index in [1.807, 2.05) is 86.6 Å². The minimum atomic E-state index is -0.709. The van der Waals surface area contributed by atoms with E-state index in [0.29, 0.717) is 17.2 Å². The summed E-state index contributed by atoms with van der Waals surface area (Å²) in [7, 11) is 0. The lowest BCUT2D eigenvalue weighted by molar-refractivity contribution is -0.143. The monoisotopic (exact) mass is 506 g/mol. The molecule has 36 heavy (non-hydrogen) atoms. The molecule has 1 N–H and O–H groups in total. The lowest BCUT2D eigenvalue weighted by Crippen LogP contribution is -2.53. The molecule has 0 unspecified atom stereocenters. The first-order valence-corrected chi connectivity index (χ1v) is 12.9. The Labute approximate surface area is 219 Å². The van der Waals surface area contributed by atoms with Crippen molar-refractivity contribution in [1.82, 2.24) is 10.2 Å². The SMILES string of the molecule is CCc1ccc(OCC(=O)N(Cc2cccc(Cl)c2)[C@H](Cc2ccccc2)C(=O)N[C@H](C)CC)cc1. The van der Waals surface area contributed by atoms with Crippen LogP contribution in [0.4, 0.5) is 0 Å². The summed E-state index contributed by atoms with van der Waals surface area (Å²) < 4.78 is 5.84. The topological polar surface area (TPSA) is 58.6 Å². The molecule has 190 valence electrons. The molecule has 3 rings (SSSR count). The molecule has 0 saturated heterocycles. The summed E-state index contributed by atoms with van der Waals surface area (Å²) in [5.41, 5.74) is 3.01. The van der Waals surface area contributed by atoms with Gasteiger partial charge in [0.05, 0.1) is 0 Å². The standard InChI is InChI=1S/C30H35ClN2O3/c1-4-22(3)32-30(35)28(19-24-10-7-6-8-11-24)33(20-25-12-9-13-26(31)18-25)29(34)21-36-27-16-14-23(5-2)15-17-27/h6-18,22,28H,4-5,19-21H2,1-3H3,(H,32,35)/t22-,28-/m1/s1. The van der Waals surface area contributed by atoms with Crippen molar-refractivity contribution in [1.29, 1.82) is 0 Å². The highest BCUT2D eigenvalue weighted by molar-refractivity contribution is 6.30. The molecule has 3 aromatic carbocycles. The fraction of sp³-hybridized carbons (Fsp3) is 0.333. The molecular formula is C30H35ClN2O3. The van der Waals surface area contributed by atoms with E-state index in [9.17, 15) is 9.59 Å². The van der Waals surface area contributed by atoms with Crippen LogP contribution >= 0.6 is 11.6 Å². The van der Waals surface area contributed by atoms with E-state index in [4.69, 9.17) is 16.3 Å². The van der Waals surface area contributed by atoms with Crippen LogP contribution in [0.1, 0.15) is 43.9 Å². The number of hydrogen-bond donors (Lipinski definition) is 1. The lowest BCUT2D eigenvalue weighted by Gasteiger charge is -2.32. The van der Waals surface area contributed by atoms with Gasteiger partial charge in [-0.15, -0.1) is 0 Å². The Morgan fingerprint density at radius 3 is 2.25 bits per heavy atom. The summed E-state index contributed by atoms with van der Waals surface area (Å²) in [4.78, 5) is 28.7. The van der Waals surface area contributed by atoms with E-state index in [1.165, 1.54) is 5.56 Å². The zero-order valence-corrected chi connectivity index (χ0v) is 22.0.